The van der Waals surface area contributed by atoms with E-state index in [1.54, 1.807) is 0 Å². The molecule has 12 nitrogen and oxygen atoms in total. The molecule has 2 amide bonds. The largest absolute Gasteiger partial charge is 0.534 e. The lowest BCUT2D eigenvalue weighted by Crippen LogP contribution is -2.32. The van der Waals surface area contributed by atoms with Crippen molar-refractivity contribution in [2.75, 3.05) is 13.8 Å². The molecule has 1 heterocycles. The number of amides is 2. The van der Waals surface area contributed by atoms with Gasteiger partial charge in [-0.2, -0.15) is 0 Å². The number of nitro groups is 1. The first-order valence-corrected chi connectivity index (χ1v) is 7.72. The van der Waals surface area contributed by atoms with Crippen molar-refractivity contribution in [3.05, 3.63) is 27.8 Å². The van der Waals surface area contributed by atoms with Crippen LogP contribution < -0.4 is 15.2 Å². The molecule has 0 radical (unpaired) electrons. The number of hydrogen-bond acceptors (Lipinski definition) is 10. The molecule has 146 valence electrons. The average Bonchev–Trinajstić information content (AvgIpc) is 2.93. The van der Waals surface area contributed by atoms with E-state index in [1.165, 1.54) is 20.1 Å². The van der Waals surface area contributed by atoms with Gasteiger partial charge < -0.3 is 14.2 Å². The highest BCUT2D eigenvalue weighted by molar-refractivity contribution is 6.01. The normalized spacial score (nSPS) is 14.7. The summed E-state index contributed by atoms with van der Waals surface area (Å²) in [7, 11) is 1.32. The lowest BCUT2D eigenvalue weighted by molar-refractivity contribution is -0.386. The van der Waals surface area contributed by atoms with Crippen molar-refractivity contribution >= 4 is 23.7 Å². The summed E-state index contributed by atoms with van der Waals surface area (Å²) in [5, 5.41) is 11.6. The molecule has 0 bridgehead atoms. The summed E-state index contributed by atoms with van der Waals surface area (Å²) >= 11 is 0. The number of carbonyl (C=O) groups excluding carboxylic acids is 3. The quantitative estimate of drug-likeness (QED) is 0.238. The van der Waals surface area contributed by atoms with Crippen LogP contribution in [0, 0.1) is 10.1 Å². The average molecular weight is 383 g/mol. The molecule has 1 aliphatic rings. The van der Waals surface area contributed by atoms with Gasteiger partial charge >= 0.3 is 6.16 Å². The second-order valence-corrected chi connectivity index (χ2v) is 5.31. The van der Waals surface area contributed by atoms with Gasteiger partial charge in [0.2, 0.25) is 0 Å². The van der Waals surface area contributed by atoms with Gasteiger partial charge in [-0.05, 0) is 13.0 Å². The maximum atomic E-state index is 11.8. The van der Waals surface area contributed by atoms with Gasteiger partial charge in [0.15, 0.2) is 11.5 Å². The van der Waals surface area contributed by atoms with Crippen LogP contribution >= 0.6 is 0 Å². The van der Waals surface area contributed by atoms with E-state index in [4.69, 9.17) is 19.9 Å². The van der Waals surface area contributed by atoms with Gasteiger partial charge in [-0.3, -0.25) is 30.3 Å². The second kappa shape index (κ2) is 8.31. The summed E-state index contributed by atoms with van der Waals surface area (Å²) in [6.07, 6.45) is -2.67. The van der Waals surface area contributed by atoms with Gasteiger partial charge in [0, 0.05) is 12.8 Å². The maximum Gasteiger partial charge on any atom is 0.534 e. The second-order valence-electron chi connectivity index (χ2n) is 5.31. The number of benzene rings is 1. The Morgan fingerprint density at radius 2 is 1.93 bits per heavy atom. The summed E-state index contributed by atoms with van der Waals surface area (Å²) in [5.41, 5.74) is 4.86. The zero-order chi connectivity index (χ0) is 20.1. The predicted molar refractivity (Wildman–Crippen MR) is 86.4 cm³/mol. The Kier molecular flexibility index (Phi) is 6.13. The van der Waals surface area contributed by atoms with E-state index in [9.17, 15) is 24.5 Å². The van der Waals surface area contributed by atoms with Crippen LogP contribution in [0.25, 0.3) is 0 Å². The monoisotopic (exact) mass is 383 g/mol. The highest BCUT2D eigenvalue weighted by atomic mass is 16.8. The molecule has 1 aromatic carbocycles. The van der Waals surface area contributed by atoms with Crippen molar-refractivity contribution in [2.45, 2.75) is 25.9 Å². The number of hydrogen-bond donors (Lipinski definition) is 1. The number of ether oxygens (including phenoxy) is 3. The Bertz CT molecular complexity index is 764. The first kappa shape index (κ1) is 19.9. The Balaban J connectivity index is 2.22. The summed E-state index contributed by atoms with van der Waals surface area (Å²) < 4.78 is 15.1. The number of nitrogens with two attached hydrogens (primary N) is 1. The van der Waals surface area contributed by atoms with E-state index >= 15 is 0 Å². The van der Waals surface area contributed by atoms with Gasteiger partial charge in [-0.15, -0.1) is 0 Å². The number of rotatable bonds is 7. The molecule has 1 aromatic rings. The molecule has 0 aromatic heterocycles. The molecular formula is C15H17N3O9. The fraction of sp³-hybridized carbons (Fsp3) is 0.400. The van der Waals surface area contributed by atoms with E-state index in [2.05, 4.69) is 4.84 Å². The van der Waals surface area contributed by atoms with Crippen LogP contribution in [0.15, 0.2) is 12.1 Å². The molecule has 1 atom stereocenters. The smallest absolute Gasteiger partial charge is 0.493 e. The number of hydroxylamine groups is 2. The van der Waals surface area contributed by atoms with Crippen molar-refractivity contribution in [1.29, 1.82) is 0 Å². The topological polar surface area (TPSA) is 161 Å². The molecule has 12 heteroatoms. The molecule has 1 saturated heterocycles. The molecule has 0 aliphatic carbocycles. The van der Waals surface area contributed by atoms with E-state index in [1.807, 2.05) is 0 Å². The van der Waals surface area contributed by atoms with Gasteiger partial charge in [0.1, 0.15) is 12.8 Å². The first-order valence-electron chi connectivity index (χ1n) is 7.72. The lowest BCUT2D eigenvalue weighted by atomic mass is 10.1. The molecule has 0 spiro atoms. The Morgan fingerprint density at radius 3 is 2.44 bits per heavy atom. The van der Waals surface area contributed by atoms with Crippen molar-refractivity contribution < 1.29 is 38.4 Å². The fourth-order valence-electron chi connectivity index (χ4n) is 2.37. The molecule has 0 saturated carbocycles. The van der Waals surface area contributed by atoms with Crippen LogP contribution in [-0.2, 0) is 19.2 Å². The number of methoxy groups -OCH3 is 1. The third kappa shape index (κ3) is 4.41. The minimum atomic E-state index is -1.36. The highest BCUT2D eigenvalue weighted by Gasteiger charge is 2.34. The molecule has 2 rings (SSSR count). The maximum absolute atomic E-state index is 11.8. The van der Waals surface area contributed by atoms with Crippen molar-refractivity contribution in [1.82, 2.24) is 5.06 Å². The molecule has 1 aliphatic heterocycles. The van der Waals surface area contributed by atoms with Crippen molar-refractivity contribution in [3.8, 4) is 11.5 Å². The molecular weight excluding hydrogens is 366 g/mol. The Morgan fingerprint density at radius 1 is 1.30 bits per heavy atom. The summed E-state index contributed by atoms with van der Waals surface area (Å²) in [4.78, 5) is 50.0. The lowest BCUT2D eigenvalue weighted by Gasteiger charge is -2.18. The Hall–Kier alpha value is -3.41. The molecule has 1 fully saturated rings. The predicted octanol–water partition coefficient (Wildman–Crippen LogP) is 1.18. The van der Waals surface area contributed by atoms with Gasteiger partial charge in [0.05, 0.1) is 23.7 Å². The highest BCUT2D eigenvalue weighted by Crippen LogP contribution is 2.38. The third-order valence-corrected chi connectivity index (χ3v) is 3.63. The van der Waals surface area contributed by atoms with E-state index in [-0.39, 0.29) is 36.6 Å². The molecule has 2 N–H and O–H groups in total. The third-order valence-electron chi connectivity index (χ3n) is 3.63. The first-order chi connectivity index (χ1) is 12.8. The van der Waals surface area contributed by atoms with Crippen LogP contribution in [0.4, 0.5) is 10.5 Å². The molecule has 27 heavy (non-hydrogen) atoms. The van der Waals surface area contributed by atoms with Crippen LogP contribution in [0.3, 0.4) is 0 Å². The van der Waals surface area contributed by atoms with Gasteiger partial charge in [-0.25, -0.2) is 4.79 Å². The zero-order valence-electron chi connectivity index (χ0n) is 14.5. The Labute approximate surface area is 152 Å². The SMILES string of the molecule is COc1cc(C(C)OC(=O)ON2C(=O)CCC2=O)c([N+](=O)[O-])cc1OCN. The van der Waals surface area contributed by atoms with Gasteiger partial charge in [0.25, 0.3) is 17.5 Å². The minimum Gasteiger partial charge on any atom is -0.493 e. The number of nitrogens with zero attached hydrogens (tertiary/aromatic N) is 2. The fourth-order valence-corrected chi connectivity index (χ4v) is 2.37. The van der Waals surface area contributed by atoms with Gasteiger partial charge in [-0.1, -0.05) is 5.06 Å². The van der Waals surface area contributed by atoms with Crippen molar-refractivity contribution in [3.63, 3.8) is 0 Å². The summed E-state index contributed by atoms with van der Waals surface area (Å²) in [5.74, 6) is -1.19. The van der Waals surface area contributed by atoms with Crippen molar-refractivity contribution in [2.24, 2.45) is 5.73 Å². The summed E-state index contributed by atoms with van der Waals surface area (Å²) in [6, 6.07) is 2.34. The standard InChI is InChI=1S/C15H17N3O9/c1-8(26-15(21)27-17-13(19)3-4-14(17)20)9-5-11(24-2)12(25-7-16)6-10(9)18(22)23/h5-6,8H,3-4,7,16H2,1-2H3. The summed E-state index contributed by atoms with van der Waals surface area (Å²) in [6.45, 7) is 1.11. The van der Waals surface area contributed by atoms with Crippen LogP contribution in [0.1, 0.15) is 31.4 Å². The van der Waals surface area contributed by atoms with Crippen LogP contribution in [-0.4, -0.2) is 41.8 Å². The van der Waals surface area contributed by atoms with Crippen LogP contribution in [0.5, 0.6) is 11.5 Å². The molecule has 1 unspecified atom stereocenters. The van der Waals surface area contributed by atoms with E-state index < -0.39 is 34.7 Å². The van der Waals surface area contributed by atoms with E-state index in [0.717, 1.165) is 6.07 Å². The zero-order valence-corrected chi connectivity index (χ0v) is 14.5. The number of nitro benzene ring substituents is 1. The number of imide groups is 1. The minimum absolute atomic E-state index is 0.0164. The van der Waals surface area contributed by atoms with E-state index in [0.29, 0.717) is 5.06 Å². The van der Waals surface area contributed by atoms with Crippen LogP contribution in [0.2, 0.25) is 0 Å². The number of carbonyl (C=O) groups is 3.